The Morgan fingerprint density at radius 1 is 1.82 bits per heavy atom. The van der Waals surface area contributed by atoms with E-state index in [1.54, 1.807) is 22.7 Å². The first-order chi connectivity index (χ1) is 5.25. The van der Waals surface area contributed by atoms with Crippen molar-refractivity contribution in [3.63, 3.8) is 0 Å². The molecule has 0 saturated carbocycles. The van der Waals surface area contributed by atoms with Crippen LogP contribution in [0.5, 0.6) is 0 Å². The third-order valence-electron chi connectivity index (χ3n) is 1.37. The molecule has 0 N–H and O–H groups in total. The zero-order valence-corrected chi connectivity index (χ0v) is 7.71. The van der Waals surface area contributed by atoms with Crippen molar-refractivity contribution in [3.05, 3.63) is 12.7 Å². The molecule has 1 rings (SSSR count). The van der Waals surface area contributed by atoms with Crippen molar-refractivity contribution >= 4 is 34.2 Å². The standard InChI is InChI=1S/C7H9NOS2/c1-2-4-8-6(9)3-5-11-7(8)10/h2H,1,3-5H2. The van der Waals surface area contributed by atoms with Gasteiger partial charge in [0.25, 0.3) is 0 Å². The van der Waals surface area contributed by atoms with Crippen LogP contribution in [0, 0.1) is 0 Å². The van der Waals surface area contributed by atoms with Gasteiger partial charge in [0.05, 0.1) is 0 Å². The Hall–Kier alpha value is -0.350. The number of nitrogens with zero attached hydrogens (tertiary/aromatic N) is 1. The topological polar surface area (TPSA) is 20.3 Å². The summed E-state index contributed by atoms with van der Waals surface area (Å²) in [6.07, 6.45) is 2.29. The first kappa shape index (κ1) is 8.74. The molecule has 1 aliphatic rings. The minimum atomic E-state index is 0.119. The summed E-state index contributed by atoms with van der Waals surface area (Å²) < 4.78 is 0.682. The average molecular weight is 187 g/mol. The van der Waals surface area contributed by atoms with E-state index in [1.165, 1.54) is 0 Å². The van der Waals surface area contributed by atoms with Crippen molar-refractivity contribution in [2.45, 2.75) is 6.42 Å². The van der Waals surface area contributed by atoms with E-state index in [0.717, 1.165) is 5.75 Å². The number of carbonyl (C=O) groups is 1. The van der Waals surface area contributed by atoms with E-state index in [2.05, 4.69) is 6.58 Å². The van der Waals surface area contributed by atoms with E-state index in [4.69, 9.17) is 12.2 Å². The summed E-state index contributed by atoms with van der Waals surface area (Å²) in [5.74, 6) is 0.944. The first-order valence-corrected chi connectivity index (χ1v) is 4.73. The number of hydrogen-bond donors (Lipinski definition) is 0. The highest BCUT2D eigenvalue weighted by molar-refractivity contribution is 8.23. The summed E-state index contributed by atoms with van der Waals surface area (Å²) in [4.78, 5) is 12.8. The van der Waals surface area contributed by atoms with Crippen LogP contribution >= 0.6 is 24.0 Å². The molecule has 0 aromatic carbocycles. The molecule has 0 spiro atoms. The molecule has 0 atom stereocenters. The lowest BCUT2D eigenvalue weighted by Gasteiger charge is -2.25. The molecule has 1 aliphatic heterocycles. The maximum atomic E-state index is 11.2. The Kier molecular flexibility index (Phi) is 3.08. The van der Waals surface area contributed by atoms with Gasteiger partial charge in [0.2, 0.25) is 5.91 Å². The SMILES string of the molecule is C=CCN1C(=O)CCSC1=S. The highest BCUT2D eigenvalue weighted by atomic mass is 32.2. The molecule has 1 saturated heterocycles. The van der Waals surface area contributed by atoms with E-state index in [0.29, 0.717) is 17.3 Å². The second-order valence-electron chi connectivity index (χ2n) is 2.16. The summed E-state index contributed by atoms with van der Waals surface area (Å²) >= 11 is 6.55. The maximum absolute atomic E-state index is 11.2. The number of carbonyl (C=O) groups excluding carboxylic acids is 1. The van der Waals surface area contributed by atoms with E-state index in [-0.39, 0.29) is 5.91 Å². The van der Waals surface area contributed by atoms with Gasteiger partial charge in [0.1, 0.15) is 4.32 Å². The number of thiocarbonyl (C=S) groups is 1. The summed E-state index contributed by atoms with van der Waals surface area (Å²) in [5.41, 5.74) is 0. The monoisotopic (exact) mass is 187 g/mol. The first-order valence-electron chi connectivity index (χ1n) is 3.33. The molecule has 1 amide bonds. The predicted octanol–water partition coefficient (Wildman–Crippen LogP) is 1.42. The second-order valence-corrected chi connectivity index (χ2v) is 3.89. The van der Waals surface area contributed by atoms with E-state index in [1.807, 2.05) is 0 Å². The van der Waals surface area contributed by atoms with Gasteiger partial charge in [-0.25, -0.2) is 0 Å². The molecule has 0 bridgehead atoms. The van der Waals surface area contributed by atoms with Gasteiger partial charge in [-0.1, -0.05) is 30.1 Å². The van der Waals surface area contributed by atoms with Gasteiger partial charge < -0.3 is 0 Å². The van der Waals surface area contributed by atoms with Crippen LogP contribution in [-0.2, 0) is 4.79 Å². The fourth-order valence-corrected chi connectivity index (χ4v) is 2.06. The van der Waals surface area contributed by atoms with Crippen LogP contribution in [0.25, 0.3) is 0 Å². The summed E-state index contributed by atoms with van der Waals surface area (Å²) in [6, 6.07) is 0. The molecule has 0 radical (unpaired) electrons. The smallest absolute Gasteiger partial charge is 0.229 e. The van der Waals surface area contributed by atoms with Gasteiger partial charge in [0, 0.05) is 18.7 Å². The molecule has 0 aromatic heterocycles. The normalized spacial score (nSPS) is 18.7. The van der Waals surface area contributed by atoms with Crippen LogP contribution in [0.1, 0.15) is 6.42 Å². The third-order valence-corrected chi connectivity index (χ3v) is 2.82. The highest BCUT2D eigenvalue weighted by Crippen LogP contribution is 2.18. The summed E-state index contributed by atoms with van der Waals surface area (Å²) in [6.45, 7) is 4.11. The van der Waals surface area contributed by atoms with Crippen LogP contribution in [0.2, 0.25) is 0 Å². The molecule has 0 aliphatic carbocycles. The van der Waals surface area contributed by atoms with Gasteiger partial charge in [-0.3, -0.25) is 9.69 Å². The Balaban J connectivity index is 2.62. The zero-order chi connectivity index (χ0) is 8.27. The molecule has 2 nitrogen and oxygen atoms in total. The van der Waals surface area contributed by atoms with Gasteiger partial charge >= 0.3 is 0 Å². The molecule has 1 heterocycles. The van der Waals surface area contributed by atoms with Gasteiger partial charge in [0.15, 0.2) is 0 Å². The molecule has 0 aromatic rings. The van der Waals surface area contributed by atoms with Crippen LogP contribution in [0.15, 0.2) is 12.7 Å². The van der Waals surface area contributed by atoms with Crippen LogP contribution in [0.3, 0.4) is 0 Å². The van der Waals surface area contributed by atoms with Crippen molar-refractivity contribution in [1.82, 2.24) is 4.90 Å². The van der Waals surface area contributed by atoms with E-state index >= 15 is 0 Å². The Bertz CT molecular complexity index is 187. The highest BCUT2D eigenvalue weighted by Gasteiger charge is 2.21. The lowest BCUT2D eigenvalue weighted by atomic mass is 10.4. The zero-order valence-electron chi connectivity index (χ0n) is 6.08. The predicted molar refractivity (Wildman–Crippen MR) is 51.6 cm³/mol. The van der Waals surface area contributed by atoms with E-state index in [9.17, 15) is 4.79 Å². The third kappa shape index (κ3) is 2.04. The molecule has 60 valence electrons. The average Bonchev–Trinajstić information content (AvgIpc) is 1.97. The van der Waals surface area contributed by atoms with Crippen molar-refractivity contribution in [1.29, 1.82) is 0 Å². The van der Waals surface area contributed by atoms with Crippen molar-refractivity contribution in [2.24, 2.45) is 0 Å². The Morgan fingerprint density at radius 3 is 3.09 bits per heavy atom. The lowest BCUT2D eigenvalue weighted by molar-refractivity contribution is -0.126. The molecular weight excluding hydrogens is 178 g/mol. The van der Waals surface area contributed by atoms with Crippen LogP contribution in [-0.4, -0.2) is 27.4 Å². The number of amides is 1. The molecule has 1 fully saturated rings. The molecule has 11 heavy (non-hydrogen) atoms. The number of hydrogen-bond acceptors (Lipinski definition) is 3. The number of thioether (sulfide) groups is 1. The summed E-state index contributed by atoms with van der Waals surface area (Å²) in [7, 11) is 0. The van der Waals surface area contributed by atoms with Gasteiger partial charge in [-0.15, -0.1) is 6.58 Å². The van der Waals surface area contributed by atoms with E-state index < -0.39 is 0 Å². The van der Waals surface area contributed by atoms with Crippen molar-refractivity contribution in [3.8, 4) is 0 Å². The molecular formula is C7H9NOS2. The number of rotatable bonds is 2. The quantitative estimate of drug-likeness (QED) is 0.482. The lowest BCUT2D eigenvalue weighted by Crippen LogP contribution is -2.37. The molecule has 4 heteroatoms. The van der Waals surface area contributed by atoms with Gasteiger partial charge in [-0.05, 0) is 0 Å². The van der Waals surface area contributed by atoms with Crippen molar-refractivity contribution < 1.29 is 4.79 Å². The van der Waals surface area contributed by atoms with Crippen molar-refractivity contribution in [2.75, 3.05) is 12.3 Å². The summed E-state index contributed by atoms with van der Waals surface area (Å²) in [5, 5.41) is 0. The largest absolute Gasteiger partial charge is 0.294 e. The minimum absolute atomic E-state index is 0.119. The fraction of sp³-hybridized carbons (Fsp3) is 0.429. The Labute approximate surface area is 75.6 Å². The molecule has 0 unspecified atom stereocenters. The van der Waals surface area contributed by atoms with Gasteiger partial charge in [-0.2, -0.15) is 0 Å². The maximum Gasteiger partial charge on any atom is 0.229 e. The second kappa shape index (κ2) is 3.88. The van der Waals surface area contributed by atoms with Crippen LogP contribution in [0.4, 0.5) is 0 Å². The fourth-order valence-electron chi connectivity index (χ4n) is 0.846. The Morgan fingerprint density at radius 2 is 2.55 bits per heavy atom. The van der Waals surface area contributed by atoms with Crippen LogP contribution < -0.4 is 0 Å². The minimum Gasteiger partial charge on any atom is -0.294 e.